The predicted molar refractivity (Wildman–Crippen MR) is 64.2 cm³/mol. The lowest BCUT2D eigenvalue weighted by Crippen LogP contribution is -2.49. The maximum Gasteiger partial charge on any atom is 0.225 e. The summed E-state index contributed by atoms with van der Waals surface area (Å²) in [5.41, 5.74) is 0. The van der Waals surface area contributed by atoms with Crippen molar-refractivity contribution in [1.29, 1.82) is 0 Å². The Balaban J connectivity index is 1.86. The standard InChI is InChI=1S/C12H23N3O/c1-10(11-2-4-13-5-3-11)12(16)15-8-6-14-7-9-15/h10-11,13-14H,2-9H2,1H3. The van der Waals surface area contributed by atoms with Gasteiger partial charge in [0.15, 0.2) is 0 Å². The normalized spacial score (nSPS) is 25.4. The minimum atomic E-state index is 0.209. The minimum Gasteiger partial charge on any atom is -0.340 e. The monoisotopic (exact) mass is 225 g/mol. The molecule has 0 aromatic heterocycles. The highest BCUT2D eigenvalue weighted by Gasteiger charge is 2.29. The Bertz CT molecular complexity index is 232. The fourth-order valence-electron chi connectivity index (χ4n) is 2.72. The highest BCUT2D eigenvalue weighted by atomic mass is 16.2. The molecule has 1 unspecified atom stereocenters. The van der Waals surface area contributed by atoms with Gasteiger partial charge in [0.1, 0.15) is 0 Å². The number of rotatable bonds is 2. The van der Waals surface area contributed by atoms with Crippen molar-refractivity contribution in [3.05, 3.63) is 0 Å². The van der Waals surface area contributed by atoms with Crippen LogP contribution in [-0.4, -0.2) is 50.1 Å². The molecule has 4 heteroatoms. The van der Waals surface area contributed by atoms with Crippen LogP contribution in [0.2, 0.25) is 0 Å². The lowest BCUT2D eigenvalue weighted by Gasteiger charge is -2.34. The molecule has 2 saturated heterocycles. The molecule has 2 aliphatic rings. The Kier molecular flexibility index (Phi) is 4.18. The fraction of sp³-hybridized carbons (Fsp3) is 0.917. The second-order valence-corrected chi connectivity index (χ2v) is 4.95. The summed E-state index contributed by atoms with van der Waals surface area (Å²) in [6.45, 7) is 7.92. The largest absolute Gasteiger partial charge is 0.340 e. The Labute approximate surface area is 97.8 Å². The van der Waals surface area contributed by atoms with Crippen LogP contribution in [0, 0.1) is 11.8 Å². The first-order valence-corrected chi connectivity index (χ1v) is 6.49. The van der Waals surface area contributed by atoms with E-state index in [0.29, 0.717) is 11.8 Å². The first-order valence-electron chi connectivity index (χ1n) is 6.49. The van der Waals surface area contributed by atoms with E-state index in [9.17, 15) is 4.79 Å². The highest BCUT2D eigenvalue weighted by Crippen LogP contribution is 2.23. The fourth-order valence-corrected chi connectivity index (χ4v) is 2.72. The van der Waals surface area contributed by atoms with Crippen molar-refractivity contribution >= 4 is 5.91 Å². The SMILES string of the molecule is CC(C(=O)N1CCNCC1)C1CCNCC1. The topological polar surface area (TPSA) is 44.4 Å². The van der Waals surface area contributed by atoms with Crippen molar-refractivity contribution in [2.45, 2.75) is 19.8 Å². The van der Waals surface area contributed by atoms with E-state index in [1.165, 1.54) is 0 Å². The number of piperidine rings is 1. The third kappa shape index (κ3) is 2.74. The number of carbonyl (C=O) groups excluding carboxylic acids is 1. The van der Waals surface area contributed by atoms with Crippen molar-refractivity contribution in [3.63, 3.8) is 0 Å². The molecule has 2 fully saturated rings. The van der Waals surface area contributed by atoms with Gasteiger partial charge < -0.3 is 15.5 Å². The summed E-state index contributed by atoms with van der Waals surface area (Å²) in [5, 5.41) is 6.64. The molecule has 16 heavy (non-hydrogen) atoms. The molecule has 2 heterocycles. The molecule has 0 radical (unpaired) electrons. The van der Waals surface area contributed by atoms with Gasteiger partial charge in [0.25, 0.3) is 0 Å². The van der Waals surface area contributed by atoms with Crippen LogP contribution in [0.25, 0.3) is 0 Å². The van der Waals surface area contributed by atoms with Crippen LogP contribution in [0.1, 0.15) is 19.8 Å². The van der Waals surface area contributed by atoms with Gasteiger partial charge in [0, 0.05) is 32.1 Å². The van der Waals surface area contributed by atoms with E-state index in [1.54, 1.807) is 0 Å². The predicted octanol–water partition coefficient (Wildman–Crippen LogP) is 0.0539. The molecule has 0 spiro atoms. The number of hydrogen-bond acceptors (Lipinski definition) is 3. The lowest BCUT2D eigenvalue weighted by atomic mass is 9.85. The number of hydrogen-bond donors (Lipinski definition) is 2. The summed E-state index contributed by atoms with van der Waals surface area (Å²) in [6.07, 6.45) is 2.30. The number of piperazine rings is 1. The van der Waals surface area contributed by atoms with Gasteiger partial charge in [-0.15, -0.1) is 0 Å². The van der Waals surface area contributed by atoms with E-state index in [0.717, 1.165) is 52.1 Å². The first-order chi connectivity index (χ1) is 7.79. The van der Waals surface area contributed by atoms with Gasteiger partial charge >= 0.3 is 0 Å². The zero-order valence-electron chi connectivity index (χ0n) is 10.2. The van der Waals surface area contributed by atoms with Gasteiger partial charge in [-0.1, -0.05) is 6.92 Å². The number of nitrogens with one attached hydrogen (secondary N) is 2. The van der Waals surface area contributed by atoms with Crippen LogP contribution in [0.4, 0.5) is 0 Å². The average molecular weight is 225 g/mol. The summed E-state index contributed by atoms with van der Waals surface area (Å²) < 4.78 is 0. The van der Waals surface area contributed by atoms with E-state index in [1.807, 2.05) is 4.90 Å². The molecule has 0 bridgehead atoms. The maximum absolute atomic E-state index is 12.3. The van der Waals surface area contributed by atoms with Crippen molar-refractivity contribution in [2.24, 2.45) is 11.8 Å². The lowest BCUT2D eigenvalue weighted by molar-refractivity contribution is -0.137. The molecular formula is C12H23N3O. The van der Waals surface area contributed by atoms with Crippen LogP contribution in [-0.2, 0) is 4.79 Å². The Hall–Kier alpha value is -0.610. The Morgan fingerprint density at radius 3 is 2.31 bits per heavy atom. The molecule has 2 N–H and O–H groups in total. The first kappa shape index (κ1) is 11.9. The summed E-state index contributed by atoms with van der Waals surface area (Å²) in [6, 6.07) is 0. The van der Waals surface area contributed by atoms with Crippen molar-refractivity contribution in [2.75, 3.05) is 39.3 Å². The summed E-state index contributed by atoms with van der Waals surface area (Å²) in [4.78, 5) is 14.3. The zero-order valence-corrected chi connectivity index (χ0v) is 10.2. The average Bonchev–Trinajstić information content (AvgIpc) is 2.39. The quantitative estimate of drug-likeness (QED) is 0.698. The maximum atomic E-state index is 12.3. The highest BCUT2D eigenvalue weighted by molar-refractivity contribution is 5.79. The second kappa shape index (κ2) is 5.64. The van der Waals surface area contributed by atoms with Gasteiger partial charge in [-0.3, -0.25) is 4.79 Å². The van der Waals surface area contributed by atoms with Gasteiger partial charge in [0.05, 0.1) is 0 Å². The van der Waals surface area contributed by atoms with Crippen molar-refractivity contribution < 1.29 is 4.79 Å². The molecule has 2 aliphatic heterocycles. The number of nitrogens with zero attached hydrogens (tertiary/aromatic N) is 1. The molecule has 4 nitrogen and oxygen atoms in total. The van der Waals surface area contributed by atoms with Crippen molar-refractivity contribution in [3.8, 4) is 0 Å². The van der Waals surface area contributed by atoms with Gasteiger partial charge in [-0.25, -0.2) is 0 Å². The van der Waals surface area contributed by atoms with Crippen molar-refractivity contribution in [1.82, 2.24) is 15.5 Å². The van der Waals surface area contributed by atoms with Crippen LogP contribution >= 0.6 is 0 Å². The molecule has 1 atom stereocenters. The summed E-state index contributed by atoms with van der Waals surface area (Å²) in [5.74, 6) is 1.16. The van der Waals surface area contributed by atoms with E-state index < -0.39 is 0 Å². The van der Waals surface area contributed by atoms with E-state index >= 15 is 0 Å². The van der Waals surface area contributed by atoms with Gasteiger partial charge in [0.2, 0.25) is 5.91 Å². The molecular weight excluding hydrogens is 202 g/mol. The van der Waals surface area contributed by atoms with Gasteiger partial charge in [-0.2, -0.15) is 0 Å². The Morgan fingerprint density at radius 1 is 1.12 bits per heavy atom. The third-order valence-corrected chi connectivity index (χ3v) is 3.91. The van der Waals surface area contributed by atoms with E-state index in [-0.39, 0.29) is 5.92 Å². The zero-order chi connectivity index (χ0) is 11.4. The minimum absolute atomic E-state index is 0.209. The van der Waals surface area contributed by atoms with Crippen LogP contribution in [0.5, 0.6) is 0 Å². The molecule has 92 valence electrons. The number of amides is 1. The van der Waals surface area contributed by atoms with E-state index in [2.05, 4.69) is 17.6 Å². The second-order valence-electron chi connectivity index (χ2n) is 4.95. The molecule has 2 rings (SSSR count). The van der Waals surface area contributed by atoms with E-state index in [4.69, 9.17) is 0 Å². The Morgan fingerprint density at radius 2 is 1.69 bits per heavy atom. The molecule has 0 aliphatic carbocycles. The molecule has 0 aromatic rings. The van der Waals surface area contributed by atoms with Crippen LogP contribution in [0.3, 0.4) is 0 Å². The molecule has 0 saturated carbocycles. The molecule has 1 amide bonds. The smallest absolute Gasteiger partial charge is 0.225 e. The summed E-state index contributed by atoms with van der Waals surface area (Å²) in [7, 11) is 0. The van der Waals surface area contributed by atoms with Crippen LogP contribution in [0.15, 0.2) is 0 Å². The van der Waals surface area contributed by atoms with Gasteiger partial charge in [-0.05, 0) is 31.8 Å². The third-order valence-electron chi connectivity index (χ3n) is 3.91. The summed E-state index contributed by atoms with van der Waals surface area (Å²) >= 11 is 0. The molecule has 0 aromatic carbocycles. The van der Waals surface area contributed by atoms with Crippen LogP contribution < -0.4 is 10.6 Å². The number of carbonyl (C=O) groups is 1.